The summed E-state index contributed by atoms with van der Waals surface area (Å²) < 4.78 is 6.29. The second-order valence-electron chi connectivity index (χ2n) is 4.57. The third-order valence-electron chi connectivity index (χ3n) is 2.79. The first kappa shape index (κ1) is 16.0. The minimum atomic E-state index is 0.0475. The lowest BCUT2D eigenvalue weighted by molar-refractivity contribution is -0.121. The van der Waals surface area contributed by atoms with Crippen molar-refractivity contribution in [2.24, 2.45) is 5.73 Å². The summed E-state index contributed by atoms with van der Waals surface area (Å²) in [5.41, 5.74) is 6.69. The Bertz CT molecular complexity index is 422. The highest BCUT2D eigenvalue weighted by atomic mass is 79.9. The molecule has 0 fully saturated rings. The van der Waals surface area contributed by atoms with Gasteiger partial charge in [-0.1, -0.05) is 15.9 Å². The van der Waals surface area contributed by atoms with Gasteiger partial charge in [-0.2, -0.15) is 0 Å². The Hall–Kier alpha value is -1.07. The van der Waals surface area contributed by atoms with E-state index in [9.17, 15) is 4.79 Å². The summed E-state index contributed by atoms with van der Waals surface area (Å²) in [5.74, 6) is 0.888. The van der Waals surface area contributed by atoms with Crippen LogP contribution >= 0.6 is 15.9 Å². The number of amides is 1. The lowest BCUT2D eigenvalue weighted by atomic mass is 10.1. The highest BCUT2D eigenvalue weighted by Gasteiger charge is 2.06. The van der Waals surface area contributed by atoms with Gasteiger partial charge in [-0.15, -0.1) is 0 Å². The van der Waals surface area contributed by atoms with Crippen molar-refractivity contribution in [3.05, 3.63) is 28.2 Å². The summed E-state index contributed by atoms with van der Waals surface area (Å²) >= 11 is 3.43. The van der Waals surface area contributed by atoms with Gasteiger partial charge in [0.15, 0.2) is 0 Å². The van der Waals surface area contributed by atoms with Gasteiger partial charge in [0.2, 0.25) is 5.91 Å². The fourth-order valence-electron chi connectivity index (χ4n) is 1.73. The summed E-state index contributed by atoms with van der Waals surface area (Å²) in [4.78, 5) is 11.6. The van der Waals surface area contributed by atoms with Crippen molar-refractivity contribution >= 4 is 21.8 Å². The van der Waals surface area contributed by atoms with E-state index in [1.807, 2.05) is 25.1 Å². The minimum absolute atomic E-state index is 0.0475. The zero-order chi connectivity index (χ0) is 14.3. The third kappa shape index (κ3) is 6.07. The largest absolute Gasteiger partial charge is 0.496 e. The first-order valence-electron chi connectivity index (χ1n) is 6.37. The molecule has 1 aromatic carbocycles. The molecule has 1 atom stereocenters. The highest BCUT2D eigenvalue weighted by Crippen LogP contribution is 2.23. The number of rotatable bonds is 7. The van der Waals surface area contributed by atoms with E-state index in [4.69, 9.17) is 10.5 Å². The Balaban J connectivity index is 2.40. The molecular formula is C14H21BrN2O2. The molecular weight excluding hydrogens is 308 g/mol. The van der Waals surface area contributed by atoms with E-state index in [2.05, 4.69) is 21.2 Å². The molecule has 0 radical (unpaired) electrons. The molecule has 0 saturated heterocycles. The number of carbonyl (C=O) groups excluding carboxylic acids is 1. The van der Waals surface area contributed by atoms with Crippen LogP contribution in [-0.4, -0.2) is 25.6 Å². The lowest BCUT2D eigenvalue weighted by Crippen LogP contribution is -2.27. The van der Waals surface area contributed by atoms with Gasteiger partial charge in [0.1, 0.15) is 5.75 Å². The van der Waals surface area contributed by atoms with Crippen LogP contribution in [0.2, 0.25) is 0 Å². The van der Waals surface area contributed by atoms with Crippen LogP contribution in [0, 0.1) is 0 Å². The molecule has 106 valence electrons. The minimum Gasteiger partial charge on any atom is -0.496 e. The van der Waals surface area contributed by atoms with Gasteiger partial charge in [-0.3, -0.25) is 4.79 Å². The number of carbonyl (C=O) groups is 1. The molecule has 1 amide bonds. The van der Waals surface area contributed by atoms with Crippen molar-refractivity contribution in [1.29, 1.82) is 0 Å². The van der Waals surface area contributed by atoms with E-state index >= 15 is 0 Å². The number of halogens is 1. The average Bonchev–Trinajstić information content (AvgIpc) is 2.36. The quantitative estimate of drug-likeness (QED) is 0.806. The number of nitrogens with one attached hydrogen (secondary N) is 1. The Labute approximate surface area is 122 Å². The summed E-state index contributed by atoms with van der Waals surface area (Å²) in [7, 11) is 1.65. The van der Waals surface area contributed by atoms with Gasteiger partial charge >= 0.3 is 0 Å². The maximum atomic E-state index is 11.6. The van der Waals surface area contributed by atoms with E-state index in [1.165, 1.54) is 0 Å². The molecule has 1 rings (SSSR count). The number of ether oxygens (including phenoxy) is 1. The number of hydrogen-bond acceptors (Lipinski definition) is 3. The van der Waals surface area contributed by atoms with Crippen molar-refractivity contribution in [3.63, 3.8) is 0 Å². The molecule has 3 N–H and O–H groups in total. The van der Waals surface area contributed by atoms with Crippen LogP contribution in [0.15, 0.2) is 22.7 Å². The van der Waals surface area contributed by atoms with E-state index in [-0.39, 0.29) is 11.9 Å². The molecule has 1 aromatic rings. The van der Waals surface area contributed by atoms with Gasteiger partial charge in [-0.05, 0) is 43.5 Å². The summed E-state index contributed by atoms with van der Waals surface area (Å²) in [6.07, 6.45) is 1.94. The Morgan fingerprint density at radius 3 is 2.89 bits per heavy atom. The molecule has 0 aliphatic heterocycles. The highest BCUT2D eigenvalue weighted by molar-refractivity contribution is 9.10. The standard InChI is InChI=1S/C14H21BrN2O2/c1-10(16)3-6-14(18)17-8-7-11-9-12(15)4-5-13(11)19-2/h4-5,9-10H,3,6-8,16H2,1-2H3,(H,17,18). The lowest BCUT2D eigenvalue weighted by Gasteiger charge is -2.10. The SMILES string of the molecule is COc1ccc(Br)cc1CCNC(=O)CCC(C)N. The van der Waals surface area contributed by atoms with E-state index in [0.717, 1.165) is 22.2 Å². The molecule has 19 heavy (non-hydrogen) atoms. The molecule has 5 heteroatoms. The Kier molecular flexibility index (Phi) is 6.87. The molecule has 0 heterocycles. The Morgan fingerprint density at radius 1 is 1.53 bits per heavy atom. The summed E-state index contributed by atoms with van der Waals surface area (Å²) in [6.45, 7) is 2.50. The molecule has 0 saturated carbocycles. The van der Waals surface area contributed by atoms with E-state index < -0.39 is 0 Å². The van der Waals surface area contributed by atoms with Crippen molar-refractivity contribution in [3.8, 4) is 5.75 Å². The zero-order valence-electron chi connectivity index (χ0n) is 11.4. The fraction of sp³-hybridized carbons (Fsp3) is 0.500. The molecule has 4 nitrogen and oxygen atoms in total. The van der Waals surface area contributed by atoms with Crippen molar-refractivity contribution in [2.75, 3.05) is 13.7 Å². The smallest absolute Gasteiger partial charge is 0.220 e. The van der Waals surface area contributed by atoms with Crippen LogP contribution in [0.25, 0.3) is 0 Å². The van der Waals surface area contributed by atoms with Gasteiger partial charge in [0.25, 0.3) is 0 Å². The predicted octanol–water partition coefficient (Wildman–Crippen LogP) is 2.24. The first-order valence-corrected chi connectivity index (χ1v) is 7.17. The number of benzene rings is 1. The van der Waals surface area contributed by atoms with Gasteiger partial charge < -0.3 is 15.8 Å². The monoisotopic (exact) mass is 328 g/mol. The molecule has 0 bridgehead atoms. The molecule has 0 spiro atoms. The van der Waals surface area contributed by atoms with Crippen LogP contribution in [0.4, 0.5) is 0 Å². The number of nitrogens with two attached hydrogens (primary N) is 1. The van der Waals surface area contributed by atoms with Crippen LogP contribution in [0.5, 0.6) is 5.75 Å². The molecule has 0 aliphatic rings. The van der Waals surface area contributed by atoms with Gasteiger partial charge in [0.05, 0.1) is 7.11 Å². The summed E-state index contributed by atoms with van der Waals surface area (Å²) in [6, 6.07) is 5.92. The zero-order valence-corrected chi connectivity index (χ0v) is 13.0. The maximum absolute atomic E-state index is 11.6. The second kappa shape index (κ2) is 8.17. The third-order valence-corrected chi connectivity index (χ3v) is 3.28. The van der Waals surface area contributed by atoms with Crippen LogP contribution < -0.4 is 15.8 Å². The second-order valence-corrected chi connectivity index (χ2v) is 5.49. The summed E-state index contributed by atoms with van der Waals surface area (Å²) in [5, 5.41) is 2.89. The average molecular weight is 329 g/mol. The predicted molar refractivity (Wildman–Crippen MR) is 80.3 cm³/mol. The topological polar surface area (TPSA) is 64.3 Å². The van der Waals surface area contributed by atoms with Crippen molar-refractivity contribution < 1.29 is 9.53 Å². The molecule has 0 aliphatic carbocycles. The first-order chi connectivity index (χ1) is 9.02. The normalized spacial score (nSPS) is 12.0. The van der Waals surface area contributed by atoms with Crippen LogP contribution in [0.1, 0.15) is 25.3 Å². The van der Waals surface area contributed by atoms with E-state index in [0.29, 0.717) is 19.4 Å². The number of methoxy groups -OCH3 is 1. The van der Waals surface area contributed by atoms with Crippen LogP contribution in [-0.2, 0) is 11.2 Å². The fourth-order valence-corrected chi connectivity index (χ4v) is 2.13. The van der Waals surface area contributed by atoms with Crippen LogP contribution in [0.3, 0.4) is 0 Å². The van der Waals surface area contributed by atoms with E-state index in [1.54, 1.807) is 7.11 Å². The van der Waals surface area contributed by atoms with Gasteiger partial charge in [0, 0.05) is 23.5 Å². The van der Waals surface area contributed by atoms with Crippen molar-refractivity contribution in [2.45, 2.75) is 32.2 Å². The molecule has 1 unspecified atom stereocenters. The van der Waals surface area contributed by atoms with Gasteiger partial charge in [-0.25, -0.2) is 0 Å². The maximum Gasteiger partial charge on any atom is 0.220 e. The Morgan fingerprint density at radius 2 is 2.26 bits per heavy atom. The number of hydrogen-bond donors (Lipinski definition) is 2. The molecule has 0 aromatic heterocycles. The van der Waals surface area contributed by atoms with Crippen molar-refractivity contribution in [1.82, 2.24) is 5.32 Å².